The highest BCUT2D eigenvalue weighted by Crippen LogP contribution is 2.20. The number of nitrogens with zero attached hydrogens (tertiary/aromatic N) is 4. The summed E-state index contributed by atoms with van der Waals surface area (Å²) >= 11 is 6.01. The van der Waals surface area contributed by atoms with Gasteiger partial charge in [-0.05, 0) is 18.2 Å². The maximum absolute atomic E-state index is 13.8. The van der Waals surface area contributed by atoms with E-state index in [1.807, 2.05) is 0 Å². The van der Waals surface area contributed by atoms with Gasteiger partial charge in [0.1, 0.15) is 12.5 Å². The number of hydrogen-bond acceptors (Lipinski definition) is 4. The maximum Gasteiger partial charge on any atom is 0.277 e. The van der Waals surface area contributed by atoms with E-state index in [9.17, 15) is 9.18 Å². The molecule has 2 heterocycles. The maximum atomic E-state index is 13.8. The van der Waals surface area contributed by atoms with E-state index in [0.29, 0.717) is 16.4 Å². The second-order valence-corrected chi connectivity index (χ2v) is 5.62. The van der Waals surface area contributed by atoms with Crippen LogP contribution in [0.25, 0.3) is 0 Å². The Labute approximate surface area is 148 Å². The largest absolute Gasteiger partial charge is 0.362 e. The molecule has 0 aliphatic rings. The number of hydrogen-bond donors (Lipinski definition) is 1. The summed E-state index contributed by atoms with van der Waals surface area (Å²) in [5, 5.41) is 11.2. The topological polar surface area (TPSA) is 74.0 Å². The summed E-state index contributed by atoms with van der Waals surface area (Å²) in [6, 6.07) is 7.67. The molecule has 0 saturated carbocycles. The lowest BCUT2D eigenvalue weighted by atomic mass is 10.2. The molecule has 130 valence electrons. The number of rotatable bonds is 6. The number of methoxy groups -OCH3 is 1. The van der Waals surface area contributed by atoms with Crippen molar-refractivity contribution < 1.29 is 13.9 Å². The van der Waals surface area contributed by atoms with Crippen molar-refractivity contribution in [2.75, 3.05) is 12.4 Å². The number of nitrogens with one attached hydrogen (secondary N) is 1. The number of ether oxygens (including phenoxy) is 1. The van der Waals surface area contributed by atoms with E-state index in [1.165, 1.54) is 22.5 Å². The SMILES string of the molecule is COCn1ccc(C(=O)Nc2ccn(Cc3c(F)cccc3Cl)n2)n1. The van der Waals surface area contributed by atoms with Crippen LogP contribution in [0, 0.1) is 5.82 Å². The number of carbonyl (C=O) groups excluding carboxylic acids is 1. The summed E-state index contributed by atoms with van der Waals surface area (Å²) in [6.45, 7) is 0.412. The molecule has 0 aliphatic carbocycles. The first kappa shape index (κ1) is 17.1. The van der Waals surface area contributed by atoms with E-state index in [4.69, 9.17) is 16.3 Å². The molecule has 1 aromatic carbocycles. The van der Waals surface area contributed by atoms with Gasteiger partial charge in [-0.25, -0.2) is 9.07 Å². The molecule has 3 aromatic rings. The van der Waals surface area contributed by atoms with Crippen molar-refractivity contribution >= 4 is 23.3 Å². The second kappa shape index (κ2) is 7.45. The third-order valence-corrected chi connectivity index (χ3v) is 3.75. The smallest absolute Gasteiger partial charge is 0.277 e. The van der Waals surface area contributed by atoms with Crippen molar-refractivity contribution in [3.8, 4) is 0 Å². The lowest BCUT2D eigenvalue weighted by Crippen LogP contribution is -2.14. The number of amides is 1. The molecule has 0 spiro atoms. The van der Waals surface area contributed by atoms with Gasteiger partial charge in [-0.2, -0.15) is 10.2 Å². The zero-order valence-corrected chi connectivity index (χ0v) is 14.1. The van der Waals surface area contributed by atoms with Crippen LogP contribution in [0.4, 0.5) is 10.2 Å². The van der Waals surface area contributed by atoms with Crippen LogP contribution in [-0.2, 0) is 18.0 Å². The Bertz CT molecular complexity index is 872. The van der Waals surface area contributed by atoms with E-state index in [1.54, 1.807) is 36.7 Å². The average Bonchev–Trinajstić information content (AvgIpc) is 3.21. The van der Waals surface area contributed by atoms with Crippen LogP contribution in [0.1, 0.15) is 16.1 Å². The number of benzene rings is 1. The fraction of sp³-hybridized carbons (Fsp3) is 0.188. The summed E-state index contributed by atoms with van der Waals surface area (Å²) in [4.78, 5) is 12.1. The van der Waals surface area contributed by atoms with Crippen LogP contribution in [-0.4, -0.2) is 32.6 Å². The van der Waals surface area contributed by atoms with Crippen LogP contribution in [0.2, 0.25) is 5.02 Å². The highest BCUT2D eigenvalue weighted by Gasteiger charge is 2.13. The first-order valence-corrected chi connectivity index (χ1v) is 7.74. The molecular weight excluding hydrogens is 349 g/mol. The fourth-order valence-corrected chi connectivity index (χ4v) is 2.45. The quantitative estimate of drug-likeness (QED) is 0.730. The van der Waals surface area contributed by atoms with Gasteiger partial charge in [-0.3, -0.25) is 9.48 Å². The van der Waals surface area contributed by atoms with Gasteiger partial charge in [-0.1, -0.05) is 17.7 Å². The lowest BCUT2D eigenvalue weighted by Gasteiger charge is -2.06. The summed E-state index contributed by atoms with van der Waals surface area (Å²) < 4.78 is 21.7. The molecule has 0 bridgehead atoms. The van der Waals surface area contributed by atoms with E-state index < -0.39 is 11.7 Å². The van der Waals surface area contributed by atoms with Gasteiger partial charge in [-0.15, -0.1) is 0 Å². The monoisotopic (exact) mass is 363 g/mol. The van der Waals surface area contributed by atoms with E-state index in [0.717, 1.165) is 0 Å². The molecule has 0 fully saturated rings. The van der Waals surface area contributed by atoms with Crippen molar-refractivity contribution in [3.05, 3.63) is 64.8 Å². The molecule has 0 saturated heterocycles. The first-order chi connectivity index (χ1) is 12.1. The fourth-order valence-electron chi connectivity index (χ4n) is 2.23. The predicted octanol–water partition coefficient (Wildman–Crippen LogP) is 2.78. The highest BCUT2D eigenvalue weighted by molar-refractivity contribution is 6.31. The van der Waals surface area contributed by atoms with Gasteiger partial charge in [0.2, 0.25) is 0 Å². The summed E-state index contributed by atoms with van der Waals surface area (Å²) in [5.74, 6) is -0.472. The standard InChI is InChI=1S/C16H15ClFN5O2/c1-25-10-23-7-5-14(20-23)16(24)19-15-6-8-22(21-15)9-11-12(17)3-2-4-13(11)18/h2-8H,9-10H2,1H3,(H,19,21,24). The zero-order valence-electron chi connectivity index (χ0n) is 13.3. The van der Waals surface area contributed by atoms with Gasteiger partial charge in [0, 0.05) is 36.2 Å². The van der Waals surface area contributed by atoms with Gasteiger partial charge in [0.15, 0.2) is 11.5 Å². The summed E-state index contributed by atoms with van der Waals surface area (Å²) in [6.07, 6.45) is 3.26. The Morgan fingerprint density at radius 2 is 2.04 bits per heavy atom. The minimum atomic E-state index is -0.405. The Kier molecular flexibility index (Phi) is 5.11. The molecule has 1 amide bonds. The van der Waals surface area contributed by atoms with Crippen LogP contribution in [0.15, 0.2) is 42.7 Å². The van der Waals surface area contributed by atoms with Crippen molar-refractivity contribution in [1.82, 2.24) is 19.6 Å². The molecule has 3 rings (SSSR count). The second-order valence-electron chi connectivity index (χ2n) is 5.21. The summed E-state index contributed by atoms with van der Waals surface area (Å²) in [7, 11) is 1.54. The molecule has 0 atom stereocenters. The minimum absolute atomic E-state index is 0.157. The molecule has 9 heteroatoms. The van der Waals surface area contributed by atoms with Gasteiger partial charge < -0.3 is 10.1 Å². The molecule has 25 heavy (non-hydrogen) atoms. The molecule has 0 radical (unpaired) electrons. The highest BCUT2D eigenvalue weighted by atomic mass is 35.5. The summed E-state index contributed by atoms with van der Waals surface area (Å²) in [5.41, 5.74) is 0.576. The van der Waals surface area contributed by atoms with Crippen molar-refractivity contribution in [3.63, 3.8) is 0 Å². The number of carbonyl (C=O) groups is 1. The van der Waals surface area contributed by atoms with Crippen molar-refractivity contribution in [2.24, 2.45) is 0 Å². The minimum Gasteiger partial charge on any atom is -0.362 e. The molecule has 0 unspecified atom stereocenters. The van der Waals surface area contributed by atoms with Gasteiger partial charge in [0.05, 0.1) is 6.54 Å². The normalized spacial score (nSPS) is 10.8. The van der Waals surface area contributed by atoms with Gasteiger partial charge in [0.25, 0.3) is 5.91 Å². The predicted molar refractivity (Wildman–Crippen MR) is 89.9 cm³/mol. The number of halogens is 2. The number of aromatic nitrogens is 4. The Morgan fingerprint density at radius 1 is 1.24 bits per heavy atom. The van der Waals surface area contributed by atoms with Crippen LogP contribution >= 0.6 is 11.6 Å². The first-order valence-electron chi connectivity index (χ1n) is 7.37. The van der Waals surface area contributed by atoms with Gasteiger partial charge >= 0.3 is 0 Å². The van der Waals surface area contributed by atoms with Crippen molar-refractivity contribution in [1.29, 1.82) is 0 Å². The van der Waals surface area contributed by atoms with Crippen molar-refractivity contribution in [2.45, 2.75) is 13.3 Å². The van der Waals surface area contributed by atoms with E-state index in [-0.39, 0.29) is 19.0 Å². The molecule has 1 N–H and O–H groups in total. The van der Waals surface area contributed by atoms with E-state index >= 15 is 0 Å². The average molecular weight is 364 g/mol. The molecule has 7 nitrogen and oxygen atoms in total. The Balaban J connectivity index is 1.68. The van der Waals surface area contributed by atoms with Crippen LogP contribution in [0.5, 0.6) is 0 Å². The molecule has 0 aliphatic heterocycles. The van der Waals surface area contributed by atoms with Crippen LogP contribution in [0.3, 0.4) is 0 Å². The third-order valence-electron chi connectivity index (χ3n) is 3.40. The molecular formula is C16H15ClFN5O2. The molecule has 2 aromatic heterocycles. The van der Waals surface area contributed by atoms with E-state index in [2.05, 4.69) is 15.5 Å². The lowest BCUT2D eigenvalue weighted by molar-refractivity contribution is 0.101. The number of anilines is 1. The van der Waals surface area contributed by atoms with Crippen LogP contribution < -0.4 is 5.32 Å². The third kappa shape index (κ3) is 4.04. The zero-order chi connectivity index (χ0) is 17.8. The Morgan fingerprint density at radius 3 is 2.80 bits per heavy atom. The Hall–Kier alpha value is -2.71.